The fourth-order valence-corrected chi connectivity index (χ4v) is 7.19. The zero-order chi connectivity index (χ0) is 31.3. The van der Waals surface area contributed by atoms with Crippen molar-refractivity contribution in [1.29, 1.82) is 0 Å². The number of ether oxygens (including phenoxy) is 1. The van der Waals surface area contributed by atoms with E-state index in [-0.39, 0.29) is 22.4 Å². The number of aromatic carboxylic acids is 1. The minimum Gasteiger partial charge on any atom is -0.478 e. The molecule has 0 bridgehead atoms. The Morgan fingerprint density at radius 1 is 1.02 bits per heavy atom. The number of aliphatic hydroxyl groups is 1. The normalized spacial score (nSPS) is 22.0. The lowest BCUT2D eigenvalue weighted by atomic mass is 9.79. The number of nitrogens with one attached hydrogen (secondary N) is 1. The van der Waals surface area contributed by atoms with E-state index in [1.165, 1.54) is 12.1 Å². The number of hydrogen-bond acceptors (Lipinski definition) is 6. The SMILES string of the molecule is CCCCN1C(=O)[C@@H](CC2(O)CCCCCC2)NC(=O)C12CCN(Cc1ccc(Oc3ccc(C(=O)O)cc3Cl)cc1)CC2. The number of rotatable bonds is 10. The lowest BCUT2D eigenvalue weighted by Gasteiger charge is -2.52. The third kappa shape index (κ3) is 7.22. The van der Waals surface area contributed by atoms with Gasteiger partial charge in [0.15, 0.2) is 0 Å². The highest BCUT2D eigenvalue weighted by Gasteiger charge is 2.54. The van der Waals surface area contributed by atoms with Gasteiger partial charge in [-0.2, -0.15) is 0 Å². The first-order valence-corrected chi connectivity index (χ1v) is 16.4. The molecule has 2 saturated heterocycles. The summed E-state index contributed by atoms with van der Waals surface area (Å²) in [5.41, 5.74) is -0.563. The number of carboxylic acids is 1. The van der Waals surface area contributed by atoms with Gasteiger partial charge < -0.3 is 25.2 Å². The summed E-state index contributed by atoms with van der Waals surface area (Å²) in [6.07, 6.45) is 8.68. The minimum absolute atomic E-state index is 0.0440. The maximum Gasteiger partial charge on any atom is 0.335 e. The predicted octanol–water partition coefficient (Wildman–Crippen LogP) is 5.77. The number of unbranched alkanes of at least 4 members (excludes halogenated alkanes) is 1. The van der Waals surface area contributed by atoms with E-state index in [0.717, 1.165) is 44.1 Å². The maximum absolute atomic E-state index is 13.9. The third-order valence-corrected chi connectivity index (χ3v) is 9.88. The predicted molar refractivity (Wildman–Crippen MR) is 168 cm³/mol. The molecule has 2 aromatic carbocycles. The summed E-state index contributed by atoms with van der Waals surface area (Å²) < 4.78 is 5.86. The summed E-state index contributed by atoms with van der Waals surface area (Å²) in [5, 5.41) is 23.7. The van der Waals surface area contributed by atoms with E-state index < -0.39 is 23.2 Å². The molecule has 1 saturated carbocycles. The zero-order valence-electron chi connectivity index (χ0n) is 25.5. The number of piperazine rings is 1. The Hall–Kier alpha value is -3.14. The van der Waals surface area contributed by atoms with Crippen LogP contribution in [0.15, 0.2) is 42.5 Å². The number of likely N-dealkylation sites (tertiary alicyclic amines) is 1. The molecule has 44 heavy (non-hydrogen) atoms. The molecule has 2 aliphatic heterocycles. The Morgan fingerprint density at radius 3 is 2.32 bits per heavy atom. The molecule has 3 fully saturated rings. The molecule has 2 aromatic rings. The van der Waals surface area contributed by atoms with Crippen LogP contribution in [0.25, 0.3) is 0 Å². The van der Waals surface area contributed by atoms with Gasteiger partial charge in [-0.15, -0.1) is 0 Å². The number of halogens is 1. The quantitative estimate of drug-likeness (QED) is 0.287. The van der Waals surface area contributed by atoms with E-state index in [9.17, 15) is 19.5 Å². The maximum atomic E-state index is 13.9. The molecule has 2 heterocycles. The molecule has 3 aliphatic rings. The van der Waals surface area contributed by atoms with Gasteiger partial charge >= 0.3 is 5.97 Å². The van der Waals surface area contributed by atoms with Gasteiger partial charge in [-0.25, -0.2) is 4.79 Å². The van der Waals surface area contributed by atoms with Crippen molar-refractivity contribution in [3.05, 3.63) is 58.6 Å². The van der Waals surface area contributed by atoms with Crippen LogP contribution in [0.1, 0.15) is 93.5 Å². The largest absolute Gasteiger partial charge is 0.478 e. The Kier molecular flexibility index (Phi) is 10.2. The molecule has 0 unspecified atom stereocenters. The van der Waals surface area contributed by atoms with Crippen molar-refractivity contribution in [2.75, 3.05) is 19.6 Å². The van der Waals surface area contributed by atoms with Crippen LogP contribution in [0, 0.1) is 0 Å². The van der Waals surface area contributed by atoms with E-state index in [1.807, 2.05) is 29.2 Å². The summed E-state index contributed by atoms with van der Waals surface area (Å²) in [4.78, 5) is 43.0. The van der Waals surface area contributed by atoms with Gasteiger partial charge in [0.05, 0.1) is 16.2 Å². The Bertz CT molecular complexity index is 1330. The molecule has 0 radical (unpaired) electrons. The van der Waals surface area contributed by atoms with E-state index in [0.29, 0.717) is 69.8 Å². The van der Waals surface area contributed by atoms with Crippen molar-refractivity contribution in [2.45, 2.75) is 101 Å². The third-order valence-electron chi connectivity index (χ3n) is 9.58. The van der Waals surface area contributed by atoms with Gasteiger partial charge in [0.25, 0.3) is 0 Å². The van der Waals surface area contributed by atoms with E-state index in [4.69, 9.17) is 21.4 Å². The average Bonchev–Trinajstić information content (AvgIpc) is 3.23. The highest BCUT2D eigenvalue weighted by molar-refractivity contribution is 6.32. The van der Waals surface area contributed by atoms with Crippen LogP contribution < -0.4 is 10.1 Å². The van der Waals surface area contributed by atoms with Crippen LogP contribution in [0.4, 0.5) is 0 Å². The van der Waals surface area contributed by atoms with Crippen LogP contribution in [0.5, 0.6) is 11.5 Å². The summed E-state index contributed by atoms with van der Waals surface area (Å²) >= 11 is 6.21. The summed E-state index contributed by atoms with van der Waals surface area (Å²) in [5.74, 6) is -0.207. The second-order valence-corrected chi connectivity index (χ2v) is 13.1. The van der Waals surface area contributed by atoms with Crippen molar-refractivity contribution in [2.24, 2.45) is 0 Å². The first kappa shape index (κ1) is 32.3. The molecular formula is C34H44ClN3O6. The number of carbonyl (C=O) groups is 3. The number of benzene rings is 2. The van der Waals surface area contributed by atoms with Crippen LogP contribution in [-0.2, 0) is 16.1 Å². The number of piperidine rings is 1. The first-order valence-electron chi connectivity index (χ1n) is 16.0. The van der Waals surface area contributed by atoms with Crippen LogP contribution >= 0.6 is 11.6 Å². The topological polar surface area (TPSA) is 119 Å². The summed E-state index contributed by atoms with van der Waals surface area (Å²) in [6, 6.07) is 11.3. The fourth-order valence-electron chi connectivity index (χ4n) is 6.97. The number of amides is 2. The fraction of sp³-hybridized carbons (Fsp3) is 0.559. The molecule has 0 aromatic heterocycles. The van der Waals surface area contributed by atoms with Crippen molar-refractivity contribution < 1.29 is 29.3 Å². The lowest BCUT2D eigenvalue weighted by Crippen LogP contribution is -2.73. The van der Waals surface area contributed by atoms with Gasteiger partial charge in [-0.05, 0) is 68.0 Å². The van der Waals surface area contributed by atoms with Gasteiger partial charge in [0.1, 0.15) is 23.1 Å². The van der Waals surface area contributed by atoms with Crippen molar-refractivity contribution in [3.63, 3.8) is 0 Å². The molecule has 1 aliphatic carbocycles. The monoisotopic (exact) mass is 625 g/mol. The van der Waals surface area contributed by atoms with E-state index >= 15 is 0 Å². The highest BCUT2D eigenvalue weighted by atomic mass is 35.5. The number of carbonyl (C=O) groups excluding carboxylic acids is 2. The van der Waals surface area contributed by atoms with Crippen LogP contribution in [0.2, 0.25) is 5.02 Å². The summed E-state index contributed by atoms with van der Waals surface area (Å²) in [7, 11) is 0. The van der Waals surface area contributed by atoms with Crippen LogP contribution in [0.3, 0.4) is 0 Å². The van der Waals surface area contributed by atoms with Crippen molar-refractivity contribution in [3.8, 4) is 11.5 Å². The minimum atomic E-state index is -1.05. The van der Waals surface area contributed by atoms with Crippen molar-refractivity contribution in [1.82, 2.24) is 15.1 Å². The number of carboxylic acid groups (broad SMARTS) is 1. The molecule has 3 N–H and O–H groups in total. The highest BCUT2D eigenvalue weighted by Crippen LogP contribution is 2.37. The molecule has 238 valence electrons. The van der Waals surface area contributed by atoms with Gasteiger partial charge in [-0.1, -0.05) is 62.8 Å². The number of nitrogens with zero attached hydrogens (tertiary/aromatic N) is 2. The molecule has 5 rings (SSSR count). The Morgan fingerprint density at radius 2 is 1.70 bits per heavy atom. The molecule has 10 heteroatoms. The first-order chi connectivity index (χ1) is 21.1. The van der Waals surface area contributed by atoms with Crippen molar-refractivity contribution >= 4 is 29.4 Å². The molecule has 1 spiro atoms. The standard InChI is InChI=1S/C34H44ClN3O6/c1-2-3-18-38-30(39)28(22-33(43)14-6-4-5-7-15-33)36-32(42)34(38)16-19-37(20-17-34)23-24-8-11-26(12-9-24)44-29-13-10-25(31(40)41)21-27(29)35/h8-13,21,28,43H,2-7,14-20,22-23H2,1H3,(H,36,42)(H,40,41)/t28-/m1/s1. The molecule has 2 amide bonds. The number of hydrogen-bond donors (Lipinski definition) is 3. The molecule has 1 atom stereocenters. The second-order valence-electron chi connectivity index (χ2n) is 12.7. The zero-order valence-corrected chi connectivity index (χ0v) is 26.3. The average molecular weight is 626 g/mol. The Labute approximate surface area is 264 Å². The Balaban J connectivity index is 1.20. The van der Waals surface area contributed by atoms with Gasteiger partial charge in [0.2, 0.25) is 11.8 Å². The van der Waals surface area contributed by atoms with Crippen LogP contribution in [-0.4, -0.2) is 74.6 Å². The van der Waals surface area contributed by atoms with E-state index in [2.05, 4.69) is 17.1 Å². The molecule has 9 nitrogen and oxygen atoms in total. The smallest absolute Gasteiger partial charge is 0.335 e. The molecular weight excluding hydrogens is 582 g/mol. The van der Waals surface area contributed by atoms with E-state index in [1.54, 1.807) is 6.07 Å². The lowest BCUT2D eigenvalue weighted by molar-refractivity contribution is -0.163. The van der Waals surface area contributed by atoms with Gasteiger partial charge in [0, 0.05) is 32.6 Å². The second kappa shape index (κ2) is 13.9. The van der Waals surface area contributed by atoms with Gasteiger partial charge in [-0.3, -0.25) is 14.5 Å². The summed E-state index contributed by atoms with van der Waals surface area (Å²) in [6.45, 7) is 4.71.